The van der Waals surface area contributed by atoms with E-state index < -0.39 is 0 Å². The highest BCUT2D eigenvalue weighted by atomic mass is 14.9. The molecule has 1 rings (SSSR count). The van der Waals surface area contributed by atoms with Gasteiger partial charge >= 0.3 is 0 Å². The van der Waals surface area contributed by atoms with Crippen molar-refractivity contribution in [2.45, 2.75) is 66.8 Å². The Kier molecular flexibility index (Phi) is 6.57. The summed E-state index contributed by atoms with van der Waals surface area (Å²) < 4.78 is 0. The van der Waals surface area contributed by atoms with Gasteiger partial charge in [0, 0.05) is 13.1 Å². The minimum Gasteiger partial charge on any atom is -0.312 e. The normalized spacial score (nSPS) is 11.8. The van der Waals surface area contributed by atoms with Gasteiger partial charge < -0.3 is 5.32 Å². The van der Waals surface area contributed by atoms with E-state index in [0.717, 1.165) is 13.1 Å². The second-order valence-electron chi connectivity index (χ2n) is 6.60. The molecule has 0 fully saturated rings. The van der Waals surface area contributed by atoms with E-state index in [1.165, 1.54) is 42.4 Å². The monoisotopic (exact) mass is 261 g/mol. The molecule has 1 aromatic carbocycles. The van der Waals surface area contributed by atoms with Gasteiger partial charge in [-0.05, 0) is 42.4 Å². The van der Waals surface area contributed by atoms with Crippen LogP contribution in [-0.2, 0) is 6.54 Å². The Balaban J connectivity index is 2.41. The zero-order valence-electron chi connectivity index (χ0n) is 13.5. The molecule has 0 atom stereocenters. The number of hydrogen-bond donors (Lipinski definition) is 1. The van der Waals surface area contributed by atoms with Crippen LogP contribution in [0.3, 0.4) is 0 Å². The lowest BCUT2D eigenvalue weighted by Gasteiger charge is -2.25. The number of aryl methyl sites for hydroxylation is 2. The lowest BCUT2D eigenvalue weighted by Crippen LogP contribution is -2.29. The van der Waals surface area contributed by atoms with Gasteiger partial charge in [0.25, 0.3) is 0 Å². The van der Waals surface area contributed by atoms with Crippen molar-refractivity contribution >= 4 is 0 Å². The molecule has 1 nitrogen and oxygen atoms in total. The van der Waals surface area contributed by atoms with Gasteiger partial charge in [-0.15, -0.1) is 0 Å². The summed E-state index contributed by atoms with van der Waals surface area (Å²) in [7, 11) is 0. The molecule has 0 saturated carbocycles. The fraction of sp³-hybridized carbons (Fsp3) is 0.667. The van der Waals surface area contributed by atoms with Crippen molar-refractivity contribution in [2.24, 2.45) is 5.41 Å². The van der Waals surface area contributed by atoms with E-state index in [9.17, 15) is 0 Å². The summed E-state index contributed by atoms with van der Waals surface area (Å²) in [5.74, 6) is 0. The molecule has 0 heterocycles. The first-order valence-corrected chi connectivity index (χ1v) is 7.72. The quantitative estimate of drug-likeness (QED) is 0.649. The van der Waals surface area contributed by atoms with Crippen LogP contribution in [0.15, 0.2) is 18.2 Å². The summed E-state index contributed by atoms with van der Waals surface area (Å²) in [5.41, 5.74) is 4.67. The smallest absolute Gasteiger partial charge is 0.0210 e. The standard InChI is InChI=1S/C18H31N/c1-6-7-8-12-18(4,5)14-19-13-17-15(2)10-9-11-16(17)3/h9-11,19H,6-8,12-14H2,1-5H3. The van der Waals surface area contributed by atoms with Crippen molar-refractivity contribution < 1.29 is 0 Å². The van der Waals surface area contributed by atoms with Gasteiger partial charge in [-0.1, -0.05) is 58.2 Å². The van der Waals surface area contributed by atoms with Gasteiger partial charge in [-0.25, -0.2) is 0 Å². The Labute approximate surface area is 119 Å². The van der Waals surface area contributed by atoms with Crippen LogP contribution in [0.25, 0.3) is 0 Å². The molecule has 0 aliphatic rings. The number of nitrogens with one attached hydrogen (secondary N) is 1. The third-order valence-corrected chi connectivity index (χ3v) is 4.01. The zero-order chi connectivity index (χ0) is 14.3. The Morgan fingerprint density at radius 3 is 2.26 bits per heavy atom. The molecule has 1 heteroatoms. The molecule has 0 saturated heterocycles. The van der Waals surface area contributed by atoms with Crippen LogP contribution in [0, 0.1) is 19.3 Å². The van der Waals surface area contributed by atoms with Gasteiger partial charge in [0.15, 0.2) is 0 Å². The van der Waals surface area contributed by atoms with Crippen LogP contribution >= 0.6 is 0 Å². The van der Waals surface area contributed by atoms with E-state index in [-0.39, 0.29) is 0 Å². The highest BCUT2D eigenvalue weighted by Crippen LogP contribution is 2.23. The summed E-state index contributed by atoms with van der Waals surface area (Å²) >= 11 is 0. The van der Waals surface area contributed by atoms with Crippen molar-refractivity contribution in [1.29, 1.82) is 0 Å². The van der Waals surface area contributed by atoms with E-state index in [2.05, 4.69) is 58.1 Å². The van der Waals surface area contributed by atoms with Gasteiger partial charge in [0.2, 0.25) is 0 Å². The van der Waals surface area contributed by atoms with Crippen LogP contribution in [0.4, 0.5) is 0 Å². The lowest BCUT2D eigenvalue weighted by atomic mass is 9.86. The molecule has 0 radical (unpaired) electrons. The first kappa shape index (κ1) is 16.2. The first-order valence-electron chi connectivity index (χ1n) is 7.72. The summed E-state index contributed by atoms with van der Waals surface area (Å²) in [5, 5.41) is 3.65. The van der Waals surface area contributed by atoms with Crippen LogP contribution in [-0.4, -0.2) is 6.54 Å². The molecule has 0 aliphatic heterocycles. The zero-order valence-corrected chi connectivity index (χ0v) is 13.5. The van der Waals surface area contributed by atoms with Crippen molar-refractivity contribution in [2.75, 3.05) is 6.54 Å². The van der Waals surface area contributed by atoms with Gasteiger partial charge in [-0.3, -0.25) is 0 Å². The highest BCUT2D eigenvalue weighted by Gasteiger charge is 2.16. The molecule has 19 heavy (non-hydrogen) atoms. The maximum atomic E-state index is 3.65. The molecule has 0 amide bonds. The summed E-state index contributed by atoms with van der Waals surface area (Å²) in [6, 6.07) is 6.55. The van der Waals surface area contributed by atoms with Gasteiger partial charge in [0.1, 0.15) is 0 Å². The lowest BCUT2D eigenvalue weighted by molar-refractivity contribution is 0.301. The first-order chi connectivity index (χ1) is 8.96. The second-order valence-corrected chi connectivity index (χ2v) is 6.60. The van der Waals surface area contributed by atoms with Crippen LogP contribution < -0.4 is 5.32 Å². The van der Waals surface area contributed by atoms with Crippen LogP contribution in [0.1, 0.15) is 63.1 Å². The van der Waals surface area contributed by atoms with E-state index in [1.54, 1.807) is 0 Å². The van der Waals surface area contributed by atoms with E-state index in [0.29, 0.717) is 5.41 Å². The minimum absolute atomic E-state index is 0.408. The molecule has 0 bridgehead atoms. The Morgan fingerprint density at radius 2 is 1.68 bits per heavy atom. The Hall–Kier alpha value is -0.820. The number of rotatable bonds is 8. The molecule has 1 aromatic rings. The van der Waals surface area contributed by atoms with E-state index in [1.807, 2.05) is 0 Å². The molecular formula is C18H31N. The fourth-order valence-corrected chi connectivity index (χ4v) is 2.60. The highest BCUT2D eigenvalue weighted by molar-refractivity contribution is 5.33. The molecular weight excluding hydrogens is 230 g/mol. The third-order valence-electron chi connectivity index (χ3n) is 4.01. The van der Waals surface area contributed by atoms with Crippen molar-refractivity contribution in [1.82, 2.24) is 5.32 Å². The summed E-state index contributed by atoms with van der Waals surface area (Å²) in [4.78, 5) is 0. The van der Waals surface area contributed by atoms with E-state index in [4.69, 9.17) is 0 Å². The number of benzene rings is 1. The Bertz CT molecular complexity index is 359. The van der Waals surface area contributed by atoms with Crippen molar-refractivity contribution in [3.05, 3.63) is 34.9 Å². The second kappa shape index (κ2) is 7.69. The largest absolute Gasteiger partial charge is 0.312 e. The SMILES string of the molecule is CCCCCC(C)(C)CNCc1c(C)cccc1C. The van der Waals surface area contributed by atoms with Gasteiger partial charge in [0.05, 0.1) is 0 Å². The molecule has 108 valence electrons. The predicted molar refractivity (Wildman–Crippen MR) is 85.5 cm³/mol. The predicted octanol–water partition coefficient (Wildman–Crippen LogP) is 5.00. The summed E-state index contributed by atoms with van der Waals surface area (Å²) in [6.45, 7) is 13.5. The number of hydrogen-bond acceptors (Lipinski definition) is 1. The fourth-order valence-electron chi connectivity index (χ4n) is 2.60. The van der Waals surface area contributed by atoms with Crippen molar-refractivity contribution in [3.63, 3.8) is 0 Å². The molecule has 0 unspecified atom stereocenters. The maximum absolute atomic E-state index is 3.65. The molecule has 0 aliphatic carbocycles. The minimum atomic E-state index is 0.408. The van der Waals surface area contributed by atoms with Gasteiger partial charge in [-0.2, -0.15) is 0 Å². The van der Waals surface area contributed by atoms with Crippen molar-refractivity contribution in [3.8, 4) is 0 Å². The van der Waals surface area contributed by atoms with Crippen LogP contribution in [0.5, 0.6) is 0 Å². The summed E-state index contributed by atoms with van der Waals surface area (Å²) in [6.07, 6.45) is 5.35. The topological polar surface area (TPSA) is 12.0 Å². The molecule has 1 N–H and O–H groups in total. The average molecular weight is 261 g/mol. The number of unbranched alkanes of at least 4 members (excludes halogenated alkanes) is 2. The maximum Gasteiger partial charge on any atom is 0.0210 e. The Morgan fingerprint density at radius 1 is 1.05 bits per heavy atom. The average Bonchev–Trinajstić information content (AvgIpc) is 2.33. The van der Waals surface area contributed by atoms with E-state index >= 15 is 0 Å². The third kappa shape index (κ3) is 5.78. The van der Waals surface area contributed by atoms with Crippen LogP contribution in [0.2, 0.25) is 0 Å². The molecule has 0 spiro atoms. The molecule has 0 aromatic heterocycles.